The number of hydrogen-bond acceptors (Lipinski definition) is 1. The molecule has 1 unspecified atom stereocenters. The lowest BCUT2D eigenvalue weighted by Crippen LogP contribution is -2.27. The van der Waals surface area contributed by atoms with E-state index >= 15 is 0 Å². The molecule has 1 aromatic carbocycles. The lowest BCUT2D eigenvalue weighted by molar-refractivity contribution is 0.325. The zero-order valence-corrected chi connectivity index (χ0v) is 9.54. The summed E-state index contributed by atoms with van der Waals surface area (Å²) < 4.78 is 0. The van der Waals surface area contributed by atoms with E-state index in [1.54, 1.807) is 6.07 Å². The van der Waals surface area contributed by atoms with Gasteiger partial charge in [-0.25, -0.2) is 0 Å². The monoisotopic (exact) mass is 192 g/mol. The predicted molar refractivity (Wildman–Crippen MR) is 60.6 cm³/mol. The molecule has 0 saturated heterocycles. The summed E-state index contributed by atoms with van der Waals surface area (Å²) in [4.78, 5) is 0. The molecule has 0 saturated carbocycles. The Labute approximate surface area is 86.8 Å². The molecule has 1 atom stereocenters. The van der Waals surface area contributed by atoms with Crippen LogP contribution in [0.25, 0.3) is 0 Å². The molecule has 0 aliphatic heterocycles. The van der Waals surface area contributed by atoms with E-state index in [1.165, 1.54) is 5.56 Å². The number of phenolic OH excluding ortho intramolecular Hbond substituents is 1. The van der Waals surface area contributed by atoms with E-state index in [9.17, 15) is 5.11 Å². The Bertz CT molecular complexity index is 304. The molecule has 1 nitrogen and oxygen atoms in total. The van der Waals surface area contributed by atoms with E-state index < -0.39 is 0 Å². The molecule has 0 fully saturated rings. The first-order chi connectivity index (χ1) is 6.50. The summed E-state index contributed by atoms with van der Waals surface area (Å²) in [7, 11) is 0. The van der Waals surface area contributed by atoms with Crippen LogP contribution < -0.4 is 0 Å². The highest BCUT2D eigenvalue weighted by atomic mass is 16.3. The van der Waals surface area contributed by atoms with Gasteiger partial charge < -0.3 is 5.11 Å². The Morgan fingerprint density at radius 3 is 2.43 bits per heavy atom. The van der Waals surface area contributed by atoms with Crippen LogP contribution in [-0.4, -0.2) is 5.11 Å². The molecule has 1 rings (SSSR count). The van der Waals surface area contributed by atoms with Gasteiger partial charge in [0.25, 0.3) is 0 Å². The summed E-state index contributed by atoms with van der Waals surface area (Å²) in [5, 5.41) is 9.45. The molecule has 78 valence electrons. The minimum absolute atomic E-state index is 0.165. The maximum Gasteiger partial charge on any atom is 0.115 e. The number of hydrogen-bond donors (Lipinski definition) is 1. The second-order valence-corrected chi connectivity index (χ2v) is 4.48. The van der Waals surface area contributed by atoms with Gasteiger partial charge in [0.05, 0.1) is 0 Å². The van der Waals surface area contributed by atoms with Crippen LogP contribution in [0.15, 0.2) is 24.3 Å². The van der Waals surface area contributed by atoms with Crippen molar-refractivity contribution < 1.29 is 5.11 Å². The van der Waals surface area contributed by atoms with E-state index in [-0.39, 0.29) is 5.41 Å². The van der Waals surface area contributed by atoms with E-state index in [4.69, 9.17) is 0 Å². The second-order valence-electron chi connectivity index (χ2n) is 4.48. The minimum atomic E-state index is 0.165. The van der Waals surface area contributed by atoms with Crippen molar-refractivity contribution in [3.63, 3.8) is 0 Å². The van der Waals surface area contributed by atoms with Gasteiger partial charge in [0.2, 0.25) is 0 Å². The van der Waals surface area contributed by atoms with Gasteiger partial charge in [-0.1, -0.05) is 39.8 Å². The zero-order valence-electron chi connectivity index (χ0n) is 9.54. The fraction of sp³-hybridized carbons (Fsp3) is 0.538. The van der Waals surface area contributed by atoms with Crippen LogP contribution in [0.2, 0.25) is 0 Å². The van der Waals surface area contributed by atoms with Crippen molar-refractivity contribution in [2.75, 3.05) is 0 Å². The Morgan fingerprint density at radius 2 is 2.00 bits per heavy atom. The molecule has 0 aliphatic rings. The van der Waals surface area contributed by atoms with E-state index in [1.807, 2.05) is 12.1 Å². The molecular formula is C13H20O. The standard InChI is InChI=1S/C13H20O/c1-5-13(4,10(2)3)11-7-6-8-12(14)9-11/h6-10,14H,5H2,1-4H3. The summed E-state index contributed by atoms with van der Waals surface area (Å²) in [6.45, 7) is 8.91. The first kappa shape index (κ1) is 11.1. The molecular weight excluding hydrogens is 172 g/mol. The van der Waals surface area contributed by atoms with Crippen LogP contribution in [0.5, 0.6) is 5.75 Å². The van der Waals surface area contributed by atoms with Crippen molar-refractivity contribution in [3.05, 3.63) is 29.8 Å². The van der Waals surface area contributed by atoms with E-state index in [0.717, 1.165) is 6.42 Å². The van der Waals surface area contributed by atoms with Crippen molar-refractivity contribution in [3.8, 4) is 5.75 Å². The van der Waals surface area contributed by atoms with Gasteiger partial charge in [-0.2, -0.15) is 0 Å². The smallest absolute Gasteiger partial charge is 0.115 e. The van der Waals surface area contributed by atoms with Gasteiger partial charge in [0.1, 0.15) is 5.75 Å². The van der Waals surface area contributed by atoms with Crippen LogP contribution in [-0.2, 0) is 5.41 Å². The molecule has 0 spiro atoms. The topological polar surface area (TPSA) is 20.2 Å². The highest BCUT2D eigenvalue weighted by molar-refractivity contribution is 5.32. The molecule has 1 aromatic rings. The van der Waals surface area contributed by atoms with Crippen LogP contribution in [0.4, 0.5) is 0 Å². The van der Waals surface area contributed by atoms with Gasteiger partial charge >= 0.3 is 0 Å². The maximum atomic E-state index is 9.45. The lowest BCUT2D eigenvalue weighted by Gasteiger charge is -2.33. The SMILES string of the molecule is CCC(C)(c1cccc(O)c1)C(C)C. The number of phenols is 1. The van der Waals surface area contributed by atoms with Gasteiger partial charge in [-0.05, 0) is 35.4 Å². The van der Waals surface area contributed by atoms with Crippen molar-refractivity contribution in [1.82, 2.24) is 0 Å². The minimum Gasteiger partial charge on any atom is -0.508 e. The Balaban J connectivity index is 3.12. The van der Waals surface area contributed by atoms with Crippen molar-refractivity contribution in [2.45, 2.75) is 39.5 Å². The molecule has 0 aromatic heterocycles. The third kappa shape index (κ3) is 1.92. The normalized spacial score (nSPS) is 15.5. The summed E-state index contributed by atoms with van der Waals surface area (Å²) in [5.74, 6) is 0.942. The second kappa shape index (κ2) is 4.04. The van der Waals surface area contributed by atoms with Gasteiger partial charge in [0.15, 0.2) is 0 Å². The van der Waals surface area contributed by atoms with Crippen molar-refractivity contribution in [1.29, 1.82) is 0 Å². The molecule has 1 heteroatoms. The molecule has 0 radical (unpaired) electrons. The fourth-order valence-electron chi connectivity index (χ4n) is 1.81. The Morgan fingerprint density at radius 1 is 1.36 bits per heavy atom. The highest BCUT2D eigenvalue weighted by Crippen LogP contribution is 2.36. The lowest BCUT2D eigenvalue weighted by atomic mass is 9.71. The quantitative estimate of drug-likeness (QED) is 0.774. The molecule has 0 bridgehead atoms. The van der Waals surface area contributed by atoms with Crippen LogP contribution in [0.1, 0.15) is 39.7 Å². The average molecular weight is 192 g/mol. The number of benzene rings is 1. The summed E-state index contributed by atoms with van der Waals surface area (Å²) in [6, 6.07) is 7.62. The van der Waals surface area contributed by atoms with Crippen molar-refractivity contribution >= 4 is 0 Å². The van der Waals surface area contributed by atoms with Crippen LogP contribution in [0.3, 0.4) is 0 Å². The van der Waals surface area contributed by atoms with Gasteiger partial charge in [-0.3, -0.25) is 0 Å². The third-order valence-corrected chi connectivity index (χ3v) is 3.51. The largest absolute Gasteiger partial charge is 0.508 e. The number of aromatic hydroxyl groups is 1. The Kier molecular flexibility index (Phi) is 3.20. The molecule has 14 heavy (non-hydrogen) atoms. The fourth-order valence-corrected chi connectivity index (χ4v) is 1.81. The van der Waals surface area contributed by atoms with Crippen molar-refractivity contribution in [2.24, 2.45) is 5.92 Å². The molecule has 0 amide bonds. The molecule has 0 heterocycles. The number of rotatable bonds is 3. The average Bonchev–Trinajstić information content (AvgIpc) is 2.16. The van der Waals surface area contributed by atoms with Gasteiger partial charge in [-0.15, -0.1) is 0 Å². The Hall–Kier alpha value is -0.980. The first-order valence-electron chi connectivity index (χ1n) is 5.30. The molecule has 0 aliphatic carbocycles. The molecule has 1 N–H and O–H groups in total. The van der Waals surface area contributed by atoms with E-state index in [0.29, 0.717) is 11.7 Å². The van der Waals surface area contributed by atoms with E-state index in [2.05, 4.69) is 33.8 Å². The predicted octanol–water partition coefficient (Wildman–Crippen LogP) is 3.72. The summed E-state index contributed by atoms with van der Waals surface area (Å²) >= 11 is 0. The zero-order chi connectivity index (χ0) is 10.8. The summed E-state index contributed by atoms with van der Waals surface area (Å²) in [6.07, 6.45) is 1.09. The summed E-state index contributed by atoms with van der Waals surface area (Å²) in [5.41, 5.74) is 1.40. The van der Waals surface area contributed by atoms with Crippen LogP contribution >= 0.6 is 0 Å². The van der Waals surface area contributed by atoms with Gasteiger partial charge in [0, 0.05) is 0 Å². The highest BCUT2D eigenvalue weighted by Gasteiger charge is 2.28. The maximum absolute atomic E-state index is 9.45. The third-order valence-electron chi connectivity index (χ3n) is 3.51. The van der Waals surface area contributed by atoms with Crippen LogP contribution in [0, 0.1) is 5.92 Å². The first-order valence-corrected chi connectivity index (χ1v) is 5.30.